The maximum Gasteiger partial charge on any atom is 0.279 e. The minimum absolute atomic E-state index is 0.0682. The summed E-state index contributed by atoms with van der Waals surface area (Å²) in [7, 11) is 0. The number of nitro benzene ring substituents is 2. The highest BCUT2D eigenvalue weighted by atomic mass is 16.6. The van der Waals surface area contributed by atoms with Crippen molar-refractivity contribution < 1.29 is 14.6 Å². The van der Waals surface area contributed by atoms with Gasteiger partial charge in [-0.2, -0.15) is 0 Å². The van der Waals surface area contributed by atoms with Crippen LogP contribution in [-0.2, 0) is 6.42 Å². The number of hydrogen-bond donors (Lipinski definition) is 1. The topological polar surface area (TPSA) is 115 Å². The molecule has 146 valence electrons. The normalized spacial score (nSPS) is 10.4. The van der Waals surface area contributed by atoms with Crippen molar-refractivity contribution in [1.82, 2.24) is 0 Å². The zero-order valence-corrected chi connectivity index (χ0v) is 15.5. The van der Waals surface area contributed by atoms with Crippen LogP contribution in [0.4, 0.5) is 17.1 Å². The molecule has 8 heteroatoms. The van der Waals surface area contributed by atoms with Crippen LogP contribution in [0.1, 0.15) is 27.0 Å². The Hall–Kier alpha value is -4.07. The average Bonchev–Trinajstić information content (AvgIpc) is 2.70. The Morgan fingerprint density at radius 1 is 0.931 bits per heavy atom. The molecule has 0 atom stereocenters. The highest BCUT2D eigenvalue weighted by molar-refractivity contribution is 6.06. The van der Waals surface area contributed by atoms with Gasteiger partial charge in [0.05, 0.1) is 21.5 Å². The van der Waals surface area contributed by atoms with Crippen LogP contribution in [0.15, 0.2) is 66.7 Å². The second-order valence-corrected chi connectivity index (χ2v) is 6.43. The Bertz CT molecular complexity index is 1100. The van der Waals surface area contributed by atoms with Crippen LogP contribution in [0.3, 0.4) is 0 Å². The number of nitro groups is 2. The fourth-order valence-electron chi connectivity index (χ4n) is 3.02. The lowest BCUT2D eigenvalue weighted by atomic mass is 10.0. The van der Waals surface area contributed by atoms with Crippen LogP contribution in [0.5, 0.6) is 0 Å². The van der Waals surface area contributed by atoms with E-state index in [9.17, 15) is 25.0 Å². The molecule has 0 fully saturated rings. The molecule has 3 aromatic carbocycles. The SMILES string of the molecule is Cc1c(C(=O)Nc2ccccc2Cc2ccccc2)cc([N+](=O)[O-])cc1[N+](=O)[O-]. The number of anilines is 1. The van der Waals surface area contributed by atoms with E-state index in [1.807, 2.05) is 42.5 Å². The number of nitrogens with one attached hydrogen (secondary N) is 1. The van der Waals surface area contributed by atoms with Gasteiger partial charge in [-0.3, -0.25) is 25.0 Å². The van der Waals surface area contributed by atoms with Crippen molar-refractivity contribution in [3.8, 4) is 0 Å². The zero-order valence-electron chi connectivity index (χ0n) is 15.5. The van der Waals surface area contributed by atoms with Crippen molar-refractivity contribution in [1.29, 1.82) is 0 Å². The van der Waals surface area contributed by atoms with Crippen molar-refractivity contribution in [3.63, 3.8) is 0 Å². The van der Waals surface area contributed by atoms with Gasteiger partial charge >= 0.3 is 0 Å². The van der Waals surface area contributed by atoms with Crippen LogP contribution in [-0.4, -0.2) is 15.8 Å². The number of non-ortho nitro benzene ring substituents is 1. The van der Waals surface area contributed by atoms with Crippen LogP contribution in [0.2, 0.25) is 0 Å². The predicted molar refractivity (Wildman–Crippen MR) is 108 cm³/mol. The summed E-state index contributed by atoms with van der Waals surface area (Å²) >= 11 is 0. The van der Waals surface area contributed by atoms with E-state index in [2.05, 4.69) is 5.32 Å². The third kappa shape index (κ3) is 4.44. The molecule has 8 nitrogen and oxygen atoms in total. The van der Waals surface area contributed by atoms with Crippen LogP contribution >= 0.6 is 0 Å². The Labute approximate surface area is 166 Å². The van der Waals surface area contributed by atoms with Gasteiger partial charge in [0.25, 0.3) is 17.3 Å². The number of amides is 1. The zero-order chi connectivity index (χ0) is 21.0. The number of carbonyl (C=O) groups excluding carboxylic acids is 1. The highest BCUT2D eigenvalue weighted by Crippen LogP contribution is 2.29. The first-order chi connectivity index (χ1) is 13.9. The molecule has 1 amide bonds. The molecule has 0 spiro atoms. The number of hydrogen-bond acceptors (Lipinski definition) is 5. The summed E-state index contributed by atoms with van der Waals surface area (Å²) in [6, 6.07) is 18.8. The van der Waals surface area contributed by atoms with Crippen molar-refractivity contribution in [2.75, 3.05) is 5.32 Å². The molecule has 29 heavy (non-hydrogen) atoms. The first-order valence-corrected chi connectivity index (χ1v) is 8.73. The molecular formula is C21H17N3O5. The van der Waals surface area contributed by atoms with Gasteiger partial charge in [0.2, 0.25) is 0 Å². The van der Waals surface area contributed by atoms with Gasteiger partial charge in [-0.05, 0) is 30.5 Å². The van der Waals surface area contributed by atoms with E-state index in [0.29, 0.717) is 12.1 Å². The summed E-state index contributed by atoms with van der Waals surface area (Å²) in [4.78, 5) is 33.7. The molecule has 0 aliphatic carbocycles. The van der Waals surface area contributed by atoms with Crippen molar-refractivity contribution in [2.45, 2.75) is 13.3 Å². The molecule has 0 saturated heterocycles. The van der Waals surface area contributed by atoms with Crippen molar-refractivity contribution >= 4 is 23.0 Å². The Kier molecular flexibility index (Phi) is 5.64. The minimum atomic E-state index is -0.757. The van der Waals surface area contributed by atoms with Gasteiger partial charge in [0.1, 0.15) is 0 Å². The van der Waals surface area contributed by atoms with Gasteiger partial charge in [0.15, 0.2) is 0 Å². The van der Waals surface area contributed by atoms with E-state index in [1.54, 1.807) is 12.1 Å². The maximum absolute atomic E-state index is 12.8. The second-order valence-electron chi connectivity index (χ2n) is 6.43. The van der Waals surface area contributed by atoms with Gasteiger partial charge in [-0.1, -0.05) is 48.5 Å². The summed E-state index contributed by atoms with van der Waals surface area (Å²) in [5, 5.41) is 25.1. The Balaban J connectivity index is 1.95. The molecule has 0 radical (unpaired) electrons. The molecule has 0 heterocycles. The largest absolute Gasteiger partial charge is 0.322 e. The molecule has 1 N–H and O–H groups in total. The van der Waals surface area contributed by atoms with E-state index in [4.69, 9.17) is 0 Å². The van der Waals surface area contributed by atoms with Gasteiger partial charge in [0, 0.05) is 17.3 Å². The smallest absolute Gasteiger partial charge is 0.279 e. The molecule has 0 aromatic heterocycles. The van der Waals surface area contributed by atoms with Crippen LogP contribution in [0, 0.1) is 27.2 Å². The van der Waals surface area contributed by atoms with Crippen LogP contribution < -0.4 is 5.32 Å². The monoisotopic (exact) mass is 391 g/mol. The summed E-state index contributed by atoms with van der Waals surface area (Å²) in [6.45, 7) is 1.40. The summed E-state index contributed by atoms with van der Waals surface area (Å²) in [5.74, 6) is -0.644. The quantitative estimate of drug-likeness (QED) is 0.485. The lowest BCUT2D eigenvalue weighted by Crippen LogP contribution is -2.16. The van der Waals surface area contributed by atoms with Crippen molar-refractivity contribution in [2.24, 2.45) is 0 Å². The van der Waals surface area contributed by atoms with E-state index in [0.717, 1.165) is 23.3 Å². The summed E-state index contributed by atoms with van der Waals surface area (Å²) < 4.78 is 0. The maximum atomic E-state index is 12.8. The lowest BCUT2D eigenvalue weighted by molar-refractivity contribution is -0.394. The predicted octanol–water partition coefficient (Wildman–Crippen LogP) is 4.65. The molecule has 0 bridgehead atoms. The molecule has 0 aliphatic rings. The standard InChI is InChI=1S/C21H17N3O5/c1-14-18(12-17(23(26)27)13-20(14)24(28)29)21(25)22-19-10-6-5-9-16(19)11-15-7-3-2-4-8-15/h2-10,12-13H,11H2,1H3,(H,22,25). The summed E-state index contributed by atoms with van der Waals surface area (Å²) in [5.41, 5.74) is 1.42. The molecule has 0 unspecified atom stereocenters. The lowest BCUT2D eigenvalue weighted by Gasteiger charge is -2.12. The molecule has 3 rings (SSSR count). The third-order valence-electron chi connectivity index (χ3n) is 4.52. The van der Waals surface area contributed by atoms with E-state index >= 15 is 0 Å². The first-order valence-electron chi connectivity index (χ1n) is 8.73. The Morgan fingerprint density at radius 2 is 1.59 bits per heavy atom. The molecule has 3 aromatic rings. The van der Waals surface area contributed by atoms with E-state index in [1.165, 1.54) is 6.92 Å². The third-order valence-corrected chi connectivity index (χ3v) is 4.52. The Morgan fingerprint density at radius 3 is 2.24 bits per heavy atom. The number of rotatable bonds is 6. The fraction of sp³-hybridized carbons (Fsp3) is 0.0952. The first kappa shape index (κ1) is 19.7. The van der Waals surface area contributed by atoms with Crippen molar-refractivity contribution in [3.05, 3.63) is 109 Å². The molecule has 0 saturated carbocycles. The second kappa shape index (κ2) is 8.30. The number of nitrogens with zero attached hydrogens (tertiary/aromatic N) is 2. The minimum Gasteiger partial charge on any atom is -0.322 e. The molecule has 0 aliphatic heterocycles. The number of benzene rings is 3. The van der Waals surface area contributed by atoms with Gasteiger partial charge in [-0.25, -0.2) is 0 Å². The van der Waals surface area contributed by atoms with E-state index < -0.39 is 27.1 Å². The number of carbonyl (C=O) groups is 1. The summed E-state index contributed by atoms with van der Waals surface area (Å²) in [6.07, 6.45) is 0.575. The highest BCUT2D eigenvalue weighted by Gasteiger charge is 2.25. The molecular weight excluding hydrogens is 374 g/mol. The number of para-hydroxylation sites is 1. The van der Waals surface area contributed by atoms with Gasteiger partial charge < -0.3 is 5.32 Å². The average molecular weight is 391 g/mol. The van der Waals surface area contributed by atoms with Gasteiger partial charge in [-0.15, -0.1) is 0 Å². The van der Waals surface area contributed by atoms with E-state index in [-0.39, 0.29) is 11.1 Å². The van der Waals surface area contributed by atoms with Crippen LogP contribution in [0.25, 0.3) is 0 Å². The fourth-order valence-corrected chi connectivity index (χ4v) is 3.02.